The minimum absolute atomic E-state index is 0. The van der Waals surface area contributed by atoms with Gasteiger partial charge in [-0.05, 0) is 17.7 Å². The minimum Gasteiger partial charge on any atom is -0.544 e. The van der Waals surface area contributed by atoms with Crippen molar-refractivity contribution < 1.29 is 49.3 Å². The molecule has 1 aromatic carbocycles. The first-order chi connectivity index (χ1) is 8.11. The van der Waals surface area contributed by atoms with Crippen molar-refractivity contribution in [3.63, 3.8) is 0 Å². The zero-order valence-electron chi connectivity index (χ0n) is 9.77. The molecule has 18 heavy (non-hydrogen) atoms. The summed E-state index contributed by atoms with van der Waals surface area (Å²) in [7, 11) is 0. The number of carbonyl (C=O) groups excluding carboxylic acids is 1. The molecule has 1 aromatic rings. The number of fused-ring (bicyclic) bond motifs is 1. The maximum atomic E-state index is 10.6. The number of nitriles is 1. The van der Waals surface area contributed by atoms with Gasteiger partial charge < -0.3 is 19.7 Å². The van der Waals surface area contributed by atoms with Crippen LogP contribution in [0.3, 0.4) is 0 Å². The summed E-state index contributed by atoms with van der Waals surface area (Å²) < 4.78 is 5.24. The zero-order valence-corrected chi connectivity index (χ0v) is 11.8. The molecule has 0 saturated heterocycles. The van der Waals surface area contributed by atoms with E-state index in [0.29, 0.717) is 18.8 Å². The molecule has 0 spiro atoms. The van der Waals surface area contributed by atoms with Crippen LogP contribution in [0.5, 0.6) is 11.5 Å². The van der Waals surface area contributed by atoms with Crippen molar-refractivity contribution in [3.8, 4) is 17.6 Å². The number of ether oxygens (including phenoxy) is 1. The summed E-state index contributed by atoms with van der Waals surface area (Å²) in [6.07, 6.45) is 1.78. The normalized spacial score (nSPS) is 12.9. The van der Waals surface area contributed by atoms with E-state index in [1.165, 1.54) is 12.1 Å². The van der Waals surface area contributed by atoms with Crippen molar-refractivity contribution in [2.24, 2.45) is 0 Å². The molecule has 5 nitrogen and oxygen atoms in total. The molecule has 0 aromatic heterocycles. The number of nitrogens with zero attached hydrogens (tertiary/aromatic N) is 1. The molecule has 1 N–H and O–H groups in total. The number of carboxylic acids is 1. The maximum Gasteiger partial charge on any atom is 1.00 e. The molecule has 6 heteroatoms. The minimum atomic E-state index is -1.57. The number of rotatable bonds is 2. The molecule has 0 fully saturated rings. The molecule has 0 radical (unpaired) electrons. The zero-order chi connectivity index (χ0) is 12.4. The van der Waals surface area contributed by atoms with Crippen LogP contribution in [0.1, 0.15) is 11.1 Å². The van der Waals surface area contributed by atoms with E-state index in [1.807, 2.05) is 0 Å². The number of benzene rings is 1. The van der Waals surface area contributed by atoms with Gasteiger partial charge in [-0.25, -0.2) is 0 Å². The fraction of sp³-hybridized carbons (Fsp3) is 0.167. The molecule has 0 atom stereocenters. The molecule has 0 saturated carbocycles. The van der Waals surface area contributed by atoms with Gasteiger partial charge in [0.1, 0.15) is 17.6 Å². The maximum absolute atomic E-state index is 10.6. The first-order valence-electron chi connectivity index (χ1n) is 4.93. The summed E-state index contributed by atoms with van der Waals surface area (Å²) in [6.45, 7) is 0.535. The predicted octanol–water partition coefficient (Wildman–Crippen LogP) is -3.01. The van der Waals surface area contributed by atoms with E-state index in [-0.39, 0.29) is 40.9 Å². The summed E-state index contributed by atoms with van der Waals surface area (Å²) >= 11 is 0. The second kappa shape index (κ2) is 5.91. The molecule has 1 aliphatic heterocycles. The summed E-state index contributed by atoms with van der Waals surface area (Å²) in [6, 6.07) is 4.53. The summed E-state index contributed by atoms with van der Waals surface area (Å²) in [4.78, 5) is 10.6. The van der Waals surface area contributed by atoms with Crippen LogP contribution in [0.25, 0.3) is 6.08 Å². The Kier molecular flexibility index (Phi) is 4.79. The first kappa shape index (κ1) is 14.6. The molecule has 1 heterocycles. The van der Waals surface area contributed by atoms with Gasteiger partial charge in [0.15, 0.2) is 0 Å². The Morgan fingerprint density at radius 3 is 2.89 bits per heavy atom. The van der Waals surface area contributed by atoms with Crippen LogP contribution in [0, 0.1) is 11.3 Å². The average molecular weight is 253 g/mol. The quantitative estimate of drug-likeness (QED) is 0.344. The van der Waals surface area contributed by atoms with Crippen LogP contribution < -0.4 is 39.4 Å². The number of phenols is 1. The van der Waals surface area contributed by atoms with Gasteiger partial charge in [-0.2, -0.15) is 5.26 Å². The van der Waals surface area contributed by atoms with Gasteiger partial charge in [0.2, 0.25) is 0 Å². The van der Waals surface area contributed by atoms with E-state index >= 15 is 0 Å². The predicted molar refractivity (Wildman–Crippen MR) is 55.9 cm³/mol. The van der Waals surface area contributed by atoms with Crippen molar-refractivity contribution in [2.45, 2.75) is 6.42 Å². The van der Waals surface area contributed by atoms with Crippen molar-refractivity contribution in [3.05, 3.63) is 28.8 Å². The van der Waals surface area contributed by atoms with E-state index in [9.17, 15) is 15.0 Å². The Morgan fingerprint density at radius 1 is 1.56 bits per heavy atom. The molecule has 86 valence electrons. The number of carbonyl (C=O) groups is 1. The monoisotopic (exact) mass is 253 g/mol. The molecular formula is C12H8NNaO4. The van der Waals surface area contributed by atoms with E-state index in [4.69, 9.17) is 10.00 Å². The Hall–Kier alpha value is -1.48. The van der Waals surface area contributed by atoms with Gasteiger partial charge in [0, 0.05) is 18.1 Å². The molecule has 0 bridgehead atoms. The Morgan fingerprint density at radius 2 is 2.28 bits per heavy atom. The Labute approximate surface area is 126 Å². The van der Waals surface area contributed by atoms with E-state index in [0.717, 1.165) is 11.6 Å². The van der Waals surface area contributed by atoms with Crippen LogP contribution in [0.15, 0.2) is 17.7 Å². The summed E-state index contributed by atoms with van der Waals surface area (Å²) in [5.74, 6) is -1.10. The Bertz CT molecular complexity index is 560. The van der Waals surface area contributed by atoms with Gasteiger partial charge in [-0.15, -0.1) is 0 Å². The van der Waals surface area contributed by atoms with Gasteiger partial charge >= 0.3 is 29.6 Å². The van der Waals surface area contributed by atoms with Crippen molar-refractivity contribution in [2.75, 3.05) is 6.61 Å². The number of phenolic OH excluding ortho intramolecular Hbond substituents is 1. The summed E-state index contributed by atoms with van der Waals surface area (Å²) in [5.41, 5.74) is 0.624. The van der Waals surface area contributed by atoms with Crippen LogP contribution in [0.4, 0.5) is 0 Å². The standard InChI is InChI=1S/C12H9NO4.Na/c13-6-9(12(15)16)4-8-3-7-1-2-17-11(7)5-10(8)14;/h3-5,14H,1-2H2,(H,15,16);/q;+1/p-1/b9-4+;. The van der Waals surface area contributed by atoms with Crippen LogP contribution in [-0.2, 0) is 11.2 Å². The molecule has 0 amide bonds. The second-order valence-electron chi connectivity index (χ2n) is 3.57. The van der Waals surface area contributed by atoms with Gasteiger partial charge in [0.05, 0.1) is 18.1 Å². The molecule has 1 aliphatic rings. The number of aliphatic carboxylic acids is 1. The van der Waals surface area contributed by atoms with Crippen molar-refractivity contribution >= 4 is 12.0 Å². The first-order valence-corrected chi connectivity index (χ1v) is 4.93. The second-order valence-corrected chi connectivity index (χ2v) is 3.57. The third-order valence-electron chi connectivity index (χ3n) is 2.48. The van der Waals surface area contributed by atoms with Crippen LogP contribution in [0.2, 0.25) is 0 Å². The average Bonchev–Trinajstić information content (AvgIpc) is 2.72. The van der Waals surface area contributed by atoms with Gasteiger partial charge in [0.25, 0.3) is 0 Å². The molecule has 0 aliphatic carbocycles. The number of aromatic hydroxyl groups is 1. The molecule has 2 rings (SSSR count). The van der Waals surface area contributed by atoms with E-state index < -0.39 is 11.5 Å². The van der Waals surface area contributed by atoms with Crippen molar-refractivity contribution in [1.82, 2.24) is 0 Å². The number of carboxylic acid groups (broad SMARTS) is 1. The fourth-order valence-corrected chi connectivity index (χ4v) is 1.64. The van der Waals surface area contributed by atoms with Gasteiger partial charge in [-0.1, -0.05) is 0 Å². The topological polar surface area (TPSA) is 93.4 Å². The number of hydrogen-bond donors (Lipinski definition) is 1. The largest absolute Gasteiger partial charge is 1.00 e. The van der Waals surface area contributed by atoms with E-state index in [1.54, 1.807) is 6.07 Å². The SMILES string of the molecule is N#C/C(=C\c1cc2c(cc1O)OCC2)C(=O)[O-].[Na+]. The van der Waals surface area contributed by atoms with Crippen molar-refractivity contribution in [1.29, 1.82) is 5.26 Å². The van der Waals surface area contributed by atoms with E-state index in [2.05, 4.69) is 0 Å². The Balaban J connectivity index is 0.00000162. The number of hydrogen-bond acceptors (Lipinski definition) is 5. The molecular weight excluding hydrogens is 245 g/mol. The van der Waals surface area contributed by atoms with Crippen LogP contribution in [-0.4, -0.2) is 17.7 Å². The third-order valence-corrected chi connectivity index (χ3v) is 2.48. The van der Waals surface area contributed by atoms with Crippen LogP contribution >= 0.6 is 0 Å². The van der Waals surface area contributed by atoms with Gasteiger partial charge in [-0.3, -0.25) is 0 Å². The molecule has 0 unspecified atom stereocenters. The third kappa shape index (κ3) is 2.85. The fourth-order valence-electron chi connectivity index (χ4n) is 1.64. The smallest absolute Gasteiger partial charge is 0.544 e. The summed E-state index contributed by atoms with van der Waals surface area (Å²) in [5, 5.41) is 28.8.